The van der Waals surface area contributed by atoms with E-state index in [4.69, 9.17) is 28.8 Å². The molecule has 1 N–H and O–H groups in total. The van der Waals surface area contributed by atoms with Crippen molar-refractivity contribution in [2.45, 2.75) is 57.5 Å². The van der Waals surface area contributed by atoms with Gasteiger partial charge in [-0.1, -0.05) is 24.3 Å². The maximum Gasteiger partial charge on any atom is 0.304 e. The number of rotatable bonds is 8. The highest BCUT2D eigenvalue weighted by molar-refractivity contribution is 5.76. The summed E-state index contributed by atoms with van der Waals surface area (Å²) in [4.78, 5) is 11.1. The summed E-state index contributed by atoms with van der Waals surface area (Å²) in [6.45, 7) is 4.33. The van der Waals surface area contributed by atoms with Gasteiger partial charge in [-0.15, -0.1) is 0 Å². The fraction of sp³-hybridized carbons (Fsp3) is 0.406. The second-order valence-electron chi connectivity index (χ2n) is 11.0. The van der Waals surface area contributed by atoms with Crippen LogP contribution < -0.4 is 14.2 Å². The van der Waals surface area contributed by atoms with E-state index in [0.717, 1.165) is 42.7 Å². The van der Waals surface area contributed by atoms with E-state index >= 15 is 0 Å². The quantitative estimate of drug-likeness (QED) is 0.417. The maximum absolute atomic E-state index is 11.1. The minimum absolute atomic E-state index is 0.0561. The van der Waals surface area contributed by atoms with Crippen molar-refractivity contribution in [3.8, 4) is 28.4 Å². The molecule has 4 atom stereocenters. The van der Waals surface area contributed by atoms with Crippen LogP contribution in [-0.2, 0) is 33.7 Å². The molecular formula is C32H32O7. The van der Waals surface area contributed by atoms with Gasteiger partial charge in [-0.05, 0) is 77.8 Å². The van der Waals surface area contributed by atoms with E-state index in [1.165, 1.54) is 27.8 Å². The molecule has 0 bridgehead atoms. The van der Waals surface area contributed by atoms with Crippen LogP contribution in [-0.4, -0.2) is 43.3 Å². The van der Waals surface area contributed by atoms with Gasteiger partial charge >= 0.3 is 5.97 Å². The van der Waals surface area contributed by atoms with Gasteiger partial charge in [0.2, 0.25) is 0 Å². The fourth-order valence-electron chi connectivity index (χ4n) is 6.44. The molecule has 0 unspecified atom stereocenters. The molecule has 0 saturated carbocycles. The number of benzene rings is 3. The Morgan fingerprint density at radius 2 is 1.95 bits per heavy atom. The molecule has 3 heterocycles. The molecule has 2 fully saturated rings. The number of carboxylic acids is 1. The Morgan fingerprint density at radius 3 is 2.79 bits per heavy atom. The van der Waals surface area contributed by atoms with Crippen LogP contribution in [0, 0.1) is 12.8 Å². The zero-order chi connectivity index (χ0) is 26.5. The van der Waals surface area contributed by atoms with Gasteiger partial charge in [0.15, 0.2) is 6.29 Å². The average Bonchev–Trinajstić information content (AvgIpc) is 3.62. The summed E-state index contributed by atoms with van der Waals surface area (Å²) in [6, 6.07) is 16.4. The van der Waals surface area contributed by atoms with Gasteiger partial charge < -0.3 is 28.8 Å². The molecule has 7 rings (SSSR count). The largest absolute Gasteiger partial charge is 0.492 e. The van der Waals surface area contributed by atoms with Crippen molar-refractivity contribution < 1.29 is 33.6 Å². The Morgan fingerprint density at radius 1 is 1.05 bits per heavy atom. The zero-order valence-electron chi connectivity index (χ0n) is 22.0. The molecule has 0 aromatic heterocycles. The number of aliphatic carboxylic acids is 1. The van der Waals surface area contributed by atoms with E-state index in [2.05, 4.69) is 37.3 Å². The van der Waals surface area contributed by atoms with Gasteiger partial charge in [0, 0.05) is 17.5 Å². The van der Waals surface area contributed by atoms with Gasteiger partial charge in [-0.25, -0.2) is 0 Å². The Kier molecular flexibility index (Phi) is 6.21. The number of ether oxygens (including phenoxy) is 5. The molecule has 7 nitrogen and oxygen atoms in total. The molecule has 4 aliphatic rings. The van der Waals surface area contributed by atoms with E-state index in [0.29, 0.717) is 37.2 Å². The molecule has 1 aliphatic carbocycles. The summed E-state index contributed by atoms with van der Waals surface area (Å²) in [5, 5.41) is 9.13. The molecular weight excluding hydrogens is 496 g/mol. The van der Waals surface area contributed by atoms with Crippen molar-refractivity contribution in [2.75, 3.05) is 19.8 Å². The van der Waals surface area contributed by atoms with Gasteiger partial charge in [-0.3, -0.25) is 4.79 Å². The first-order valence-corrected chi connectivity index (χ1v) is 13.8. The van der Waals surface area contributed by atoms with E-state index in [1.54, 1.807) is 0 Å². The SMILES string of the molecule is Cc1cc(O[C@@H]2CO[C@H]3OCC[C@H]32)c2c(c1-c1cccc(COc3ccc4c(c3)OC[C@H]4CC(=O)O)c1)CC2. The Hall–Kier alpha value is -3.55. The van der Waals surface area contributed by atoms with Crippen molar-refractivity contribution in [1.29, 1.82) is 0 Å². The molecule has 39 heavy (non-hydrogen) atoms. The number of fused-ring (bicyclic) bond motifs is 3. The van der Waals surface area contributed by atoms with Crippen LogP contribution >= 0.6 is 0 Å². The summed E-state index contributed by atoms with van der Waals surface area (Å²) in [6.07, 6.45) is 3.10. The molecule has 2 saturated heterocycles. The second-order valence-corrected chi connectivity index (χ2v) is 11.0. The summed E-state index contributed by atoms with van der Waals surface area (Å²) in [5.74, 6) is 1.82. The Bertz CT molecular complexity index is 1430. The van der Waals surface area contributed by atoms with Crippen LogP contribution in [0.3, 0.4) is 0 Å². The lowest BCUT2D eigenvalue weighted by Crippen LogP contribution is -2.27. The van der Waals surface area contributed by atoms with Crippen molar-refractivity contribution in [3.63, 3.8) is 0 Å². The molecule has 7 heteroatoms. The Balaban J connectivity index is 1.07. The van der Waals surface area contributed by atoms with E-state index in [9.17, 15) is 4.79 Å². The maximum atomic E-state index is 11.1. The smallest absolute Gasteiger partial charge is 0.304 e. The number of carbonyl (C=O) groups is 1. The van der Waals surface area contributed by atoms with E-state index in [1.807, 2.05) is 18.2 Å². The number of hydrogen-bond acceptors (Lipinski definition) is 6. The van der Waals surface area contributed by atoms with Crippen LogP contribution in [0.5, 0.6) is 17.2 Å². The van der Waals surface area contributed by atoms with Gasteiger partial charge in [0.1, 0.15) is 30.0 Å². The molecule has 0 radical (unpaired) electrons. The zero-order valence-corrected chi connectivity index (χ0v) is 22.0. The number of carboxylic acid groups (broad SMARTS) is 1. The minimum Gasteiger partial charge on any atom is -0.492 e. The van der Waals surface area contributed by atoms with Gasteiger partial charge in [0.05, 0.1) is 32.2 Å². The third-order valence-electron chi connectivity index (χ3n) is 8.50. The lowest BCUT2D eigenvalue weighted by atomic mass is 9.79. The normalized spacial score (nSPS) is 24.3. The molecule has 0 amide bonds. The topological polar surface area (TPSA) is 83.5 Å². The third kappa shape index (κ3) is 4.53. The van der Waals surface area contributed by atoms with Crippen molar-refractivity contribution in [1.82, 2.24) is 0 Å². The summed E-state index contributed by atoms with van der Waals surface area (Å²) in [5.41, 5.74) is 8.42. The molecule has 3 aliphatic heterocycles. The third-order valence-corrected chi connectivity index (χ3v) is 8.50. The molecule has 202 valence electrons. The summed E-state index contributed by atoms with van der Waals surface area (Å²) in [7, 11) is 0. The first-order chi connectivity index (χ1) is 19.0. The highest BCUT2D eigenvalue weighted by Gasteiger charge is 2.43. The summed E-state index contributed by atoms with van der Waals surface area (Å²) >= 11 is 0. The fourth-order valence-corrected chi connectivity index (χ4v) is 6.44. The highest BCUT2D eigenvalue weighted by atomic mass is 16.7. The molecule has 3 aromatic carbocycles. The molecule has 0 spiro atoms. The predicted molar refractivity (Wildman–Crippen MR) is 144 cm³/mol. The number of aryl methyl sites for hydroxylation is 1. The van der Waals surface area contributed by atoms with Crippen LogP contribution in [0.2, 0.25) is 0 Å². The van der Waals surface area contributed by atoms with Gasteiger partial charge in [0.25, 0.3) is 0 Å². The van der Waals surface area contributed by atoms with Crippen LogP contribution in [0.1, 0.15) is 46.6 Å². The van der Waals surface area contributed by atoms with E-state index < -0.39 is 5.97 Å². The van der Waals surface area contributed by atoms with Crippen LogP contribution in [0.4, 0.5) is 0 Å². The van der Waals surface area contributed by atoms with Crippen molar-refractivity contribution >= 4 is 5.97 Å². The average molecular weight is 529 g/mol. The Labute approximate surface area is 227 Å². The minimum atomic E-state index is -0.815. The predicted octanol–water partition coefficient (Wildman–Crippen LogP) is 5.43. The van der Waals surface area contributed by atoms with Crippen LogP contribution in [0.25, 0.3) is 11.1 Å². The van der Waals surface area contributed by atoms with Crippen LogP contribution in [0.15, 0.2) is 48.5 Å². The lowest BCUT2D eigenvalue weighted by Gasteiger charge is -2.30. The monoisotopic (exact) mass is 528 g/mol. The standard InChI is InChI=1S/C32H32O7/c1-18-11-28(39-29-17-38-32-26(29)9-10-35-32)24-7-8-25(24)31(18)20-4-2-3-19(12-20)15-36-22-5-6-23-21(13-30(33)34)16-37-27(23)14-22/h2-6,11-12,14,21,26,29,32H,7-10,13,15-17H2,1H3,(H,33,34)/t21-,26+,29-,32-/m1/s1. The van der Waals surface area contributed by atoms with Crippen molar-refractivity contribution in [2.24, 2.45) is 5.92 Å². The number of hydrogen-bond donors (Lipinski definition) is 1. The second kappa shape index (κ2) is 9.88. The summed E-state index contributed by atoms with van der Waals surface area (Å²) < 4.78 is 29.8. The van der Waals surface area contributed by atoms with E-state index in [-0.39, 0.29) is 24.7 Å². The lowest BCUT2D eigenvalue weighted by molar-refractivity contribution is -0.137. The van der Waals surface area contributed by atoms with Gasteiger partial charge in [-0.2, -0.15) is 0 Å². The highest BCUT2D eigenvalue weighted by Crippen LogP contribution is 2.44. The first kappa shape index (κ1) is 24.5. The van der Waals surface area contributed by atoms with Crippen molar-refractivity contribution in [3.05, 3.63) is 76.3 Å². The first-order valence-electron chi connectivity index (χ1n) is 13.8. The molecule has 3 aromatic rings.